The van der Waals surface area contributed by atoms with Crippen molar-refractivity contribution >= 4 is 10.9 Å². The van der Waals surface area contributed by atoms with E-state index in [4.69, 9.17) is 0 Å². The van der Waals surface area contributed by atoms with Crippen LogP contribution in [0.4, 0.5) is 0 Å². The van der Waals surface area contributed by atoms with Gasteiger partial charge in [0.1, 0.15) is 0 Å². The second-order valence-electron chi connectivity index (χ2n) is 4.90. The minimum atomic E-state index is 0.0196. The van der Waals surface area contributed by atoms with Crippen LogP contribution in [0.3, 0.4) is 0 Å². The van der Waals surface area contributed by atoms with Gasteiger partial charge in [-0.2, -0.15) is 0 Å². The molecule has 2 aromatic heterocycles. The maximum Gasteiger partial charge on any atom is 0.257 e. The van der Waals surface area contributed by atoms with E-state index in [1.165, 1.54) is 0 Å². The van der Waals surface area contributed by atoms with Crippen LogP contribution < -0.4 is 5.56 Å². The lowest BCUT2D eigenvalue weighted by Crippen LogP contribution is -2.11. The molecule has 2 aromatic rings. The summed E-state index contributed by atoms with van der Waals surface area (Å²) in [7, 11) is 0. The van der Waals surface area contributed by atoms with E-state index >= 15 is 0 Å². The van der Waals surface area contributed by atoms with Crippen molar-refractivity contribution in [3.8, 4) is 0 Å². The molecule has 0 aliphatic carbocycles. The predicted molar refractivity (Wildman–Crippen MR) is 67.1 cm³/mol. The third-order valence-electron chi connectivity index (χ3n) is 2.97. The fraction of sp³-hybridized carbons (Fsp3) is 0.462. The van der Waals surface area contributed by atoms with Crippen molar-refractivity contribution in [1.82, 2.24) is 9.97 Å². The Morgan fingerprint density at radius 2 is 1.81 bits per heavy atom. The summed E-state index contributed by atoms with van der Waals surface area (Å²) in [6.45, 7) is 8.34. The first-order valence-electron chi connectivity index (χ1n) is 5.75. The number of pyridine rings is 1. The van der Waals surface area contributed by atoms with Gasteiger partial charge in [-0.1, -0.05) is 27.7 Å². The van der Waals surface area contributed by atoms with Gasteiger partial charge in [0.2, 0.25) is 0 Å². The molecule has 16 heavy (non-hydrogen) atoms. The van der Waals surface area contributed by atoms with Crippen molar-refractivity contribution in [2.24, 2.45) is 0 Å². The molecular weight excluding hydrogens is 200 g/mol. The zero-order valence-corrected chi connectivity index (χ0v) is 10.2. The minimum Gasteiger partial charge on any atom is -0.361 e. The van der Waals surface area contributed by atoms with Crippen molar-refractivity contribution < 1.29 is 0 Å². The monoisotopic (exact) mass is 218 g/mol. The van der Waals surface area contributed by atoms with Gasteiger partial charge in [0.15, 0.2) is 0 Å². The van der Waals surface area contributed by atoms with E-state index in [0.717, 1.165) is 22.2 Å². The third-order valence-corrected chi connectivity index (χ3v) is 2.97. The first-order chi connectivity index (χ1) is 7.50. The SMILES string of the molecule is CC(C)c1cc2[nH]cc(C(C)C)c2c(=O)[nH]1. The molecule has 0 radical (unpaired) electrons. The third kappa shape index (κ3) is 1.66. The first-order valence-corrected chi connectivity index (χ1v) is 5.75. The van der Waals surface area contributed by atoms with Gasteiger partial charge in [0, 0.05) is 11.9 Å². The molecule has 0 saturated heterocycles. The Labute approximate surface area is 94.9 Å². The molecule has 0 aliphatic rings. The second kappa shape index (κ2) is 3.81. The van der Waals surface area contributed by atoms with Gasteiger partial charge in [-0.15, -0.1) is 0 Å². The van der Waals surface area contributed by atoms with Crippen molar-refractivity contribution in [2.75, 3.05) is 0 Å². The largest absolute Gasteiger partial charge is 0.361 e. The molecule has 0 saturated carbocycles. The van der Waals surface area contributed by atoms with Crippen LogP contribution in [0, 0.1) is 0 Å². The van der Waals surface area contributed by atoms with Crippen LogP contribution >= 0.6 is 0 Å². The number of hydrogen-bond donors (Lipinski definition) is 2. The van der Waals surface area contributed by atoms with E-state index in [1.807, 2.05) is 12.3 Å². The Hall–Kier alpha value is -1.51. The minimum absolute atomic E-state index is 0.0196. The van der Waals surface area contributed by atoms with Crippen LogP contribution in [0.15, 0.2) is 17.1 Å². The number of nitrogens with one attached hydrogen (secondary N) is 2. The Bertz CT molecular complexity index is 561. The molecule has 0 fully saturated rings. The molecule has 2 rings (SSSR count). The number of hydrogen-bond acceptors (Lipinski definition) is 1. The Morgan fingerprint density at radius 1 is 1.12 bits per heavy atom. The number of aromatic nitrogens is 2. The van der Waals surface area contributed by atoms with Gasteiger partial charge in [0.25, 0.3) is 5.56 Å². The summed E-state index contributed by atoms with van der Waals surface area (Å²) in [5.74, 6) is 0.697. The smallest absolute Gasteiger partial charge is 0.257 e. The average Bonchev–Trinajstić information content (AvgIpc) is 2.61. The number of H-pyrrole nitrogens is 2. The lowest BCUT2D eigenvalue weighted by atomic mass is 10.0. The van der Waals surface area contributed by atoms with Gasteiger partial charge in [-0.25, -0.2) is 0 Å². The summed E-state index contributed by atoms with van der Waals surface area (Å²) < 4.78 is 0. The molecule has 2 heterocycles. The molecule has 0 atom stereocenters. The van der Waals surface area contributed by atoms with Crippen LogP contribution in [-0.2, 0) is 0 Å². The van der Waals surface area contributed by atoms with Gasteiger partial charge in [-0.05, 0) is 23.5 Å². The summed E-state index contributed by atoms with van der Waals surface area (Å²) in [5.41, 5.74) is 3.03. The normalized spacial score (nSPS) is 11.9. The van der Waals surface area contributed by atoms with E-state index in [9.17, 15) is 4.79 Å². The molecule has 0 unspecified atom stereocenters. The second-order valence-corrected chi connectivity index (χ2v) is 4.90. The number of aromatic amines is 2. The lowest BCUT2D eigenvalue weighted by molar-refractivity contribution is 0.819. The summed E-state index contributed by atoms with van der Waals surface area (Å²) in [5, 5.41) is 0.805. The molecule has 2 N–H and O–H groups in total. The van der Waals surface area contributed by atoms with Crippen molar-refractivity contribution in [3.05, 3.63) is 33.9 Å². The maximum absolute atomic E-state index is 12.0. The van der Waals surface area contributed by atoms with E-state index in [2.05, 4.69) is 37.7 Å². The highest BCUT2D eigenvalue weighted by Gasteiger charge is 2.12. The van der Waals surface area contributed by atoms with Crippen molar-refractivity contribution in [1.29, 1.82) is 0 Å². The fourth-order valence-corrected chi connectivity index (χ4v) is 1.97. The highest BCUT2D eigenvalue weighted by atomic mass is 16.1. The summed E-state index contributed by atoms with van der Waals surface area (Å²) >= 11 is 0. The number of fused-ring (bicyclic) bond motifs is 1. The molecule has 0 bridgehead atoms. The Morgan fingerprint density at radius 3 is 2.38 bits per heavy atom. The van der Waals surface area contributed by atoms with Gasteiger partial charge >= 0.3 is 0 Å². The van der Waals surface area contributed by atoms with E-state index < -0.39 is 0 Å². The standard InChI is InChI=1S/C13H18N2O/c1-7(2)9-6-14-11-5-10(8(3)4)15-13(16)12(9)11/h5-8,14H,1-4H3,(H,15,16). The van der Waals surface area contributed by atoms with Gasteiger partial charge in [-0.3, -0.25) is 4.79 Å². The van der Waals surface area contributed by atoms with Crippen LogP contribution in [0.2, 0.25) is 0 Å². The topological polar surface area (TPSA) is 48.6 Å². The number of rotatable bonds is 2. The fourth-order valence-electron chi connectivity index (χ4n) is 1.97. The lowest BCUT2D eigenvalue weighted by Gasteiger charge is -2.06. The molecule has 3 nitrogen and oxygen atoms in total. The Balaban J connectivity index is 2.74. The molecule has 3 heteroatoms. The predicted octanol–water partition coefficient (Wildman–Crippen LogP) is 3.10. The maximum atomic E-state index is 12.0. The highest BCUT2D eigenvalue weighted by Crippen LogP contribution is 2.23. The molecule has 0 aliphatic heterocycles. The average molecular weight is 218 g/mol. The van der Waals surface area contributed by atoms with Gasteiger partial charge in [0.05, 0.1) is 10.9 Å². The van der Waals surface area contributed by atoms with Gasteiger partial charge < -0.3 is 9.97 Å². The highest BCUT2D eigenvalue weighted by molar-refractivity contribution is 5.83. The quantitative estimate of drug-likeness (QED) is 0.799. The molecular formula is C13H18N2O. The van der Waals surface area contributed by atoms with E-state index in [1.54, 1.807) is 0 Å². The summed E-state index contributed by atoms with van der Waals surface area (Å²) in [4.78, 5) is 18.2. The molecule has 0 spiro atoms. The molecule has 86 valence electrons. The van der Waals surface area contributed by atoms with Crippen molar-refractivity contribution in [3.63, 3.8) is 0 Å². The van der Waals surface area contributed by atoms with E-state index in [-0.39, 0.29) is 5.56 Å². The van der Waals surface area contributed by atoms with E-state index in [0.29, 0.717) is 11.8 Å². The zero-order chi connectivity index (χ0) is 11.9. The van der Waals surface area contributed by atoms with Crippen molar-refractivity contribution in [2.45, 2.75) is 39.5 Å². The van der Waals surface area contributed by atoms with Crippen LogP contribution in [0.5, 0.6) is 0 Å². The molecule has 0 aromatic carbocycles. The van der Waals surface area contributed by atoms with Crippen LogP contribution in [0.25, 0.3) is 10.9 Å². The summed E-state index contributed by atoms with van der Waals surface area (Å²) in [6, 6.07) is 2.04. The van der Waals surface area contributed by atoms with Crippen LogP contribution in [-0.4, -0.2) is 9.97 Å². The summed E-state index contributed by atoms with van der Waals surface area (Å²) in [6.07, 6.45) is 1.94. The zero-order valence-electron chi connectivity index (χ0n) is 10.2. The Kier molecular flexibility index (Phi) is 2.62. The first kappa shape index (κ1) is 11.0. The van der Waals surface area contributed by atoms with Crippen LogP contribution in [0.1, 0.15) is 50.8 Å². The molecule has 0 amide bonds.